The standard InChI is InChI=1S/C15H16N2O2/c16-15(17)9-11-4-6-14(7-5-11)19-10-12-2-1-3-13(18)8-12/h1-8,18H,9-10H2,(H3,16,17). The van der Waals surface area contributed by atoms with E-state index in [-0.39, 0.29) is 11.6 Å². The molecular formula is C15H16N2O2. The van der Waals surface area contributed by atoms with Crippen LogP contribution in [0, 0.1) is 5.41 Å². The van der Waals surface area contributed by atoms with Crippen LogP contribution in [0.25, 0.3) is 0 Å². The number of phenols is 1. The summed E-state index contributed by atoms with van der Waals surface area (Å²) in [5, 5.41) is 16.6. The van der Waals surface area contributed by atoms with Crippen molar-refractivity contribution in [2.45, 2.75) is 13.0 Å². The average molecular weight is 256 g/mol. The first-order valence-corrected chi connectivity index (χ1v) is 5.96. The van der Waals surface area contributed by atoms with Crippen molar-refractivity contribution in [2.75, 3.05) is 0 Å². The molecular weight excluding hydrogens is 240 g/mol. The first kappa shape index (κ1) is 13.0. The molecule has 0 bridgehead atoms. The molecule has 0 atom stereocenters. The second-order valence-corrected chi connectivity index (χ2v) is 4.30. The molecule has 4 heteroatoms. The largest absolute Gasteiger partial charge is 0.508 e. The van der Waals surface area contributed by atoms with Crippen LogP contribution in [0.5, 0.6) is 11.5 Å². The van der Waals surface area contributed by atoms with Gasteiger partial charge in [-0.1, -0.05) is 24.3 Å². The van der Waals surface area contributed by atoms with Crippen LogP contribution in [-0.4, -0.2) is 10.9 Å². The number of benzene rings is 2. The summed E-state index contributed by atoms with van der Waals surface area (Å²) >= 11 is 0. The molecule has 2 aromatic carbocycles. The molecule has 0 amide bonds. The van der Waals surface area contributed by atoms with Gasteiger partial charge in [-0.3, -0.25) is 5.41 Å². The third-order valence-corrected chi connectivity index (χ3v) is 2.63. The van der Waals surface area contributed by atoms with E-state index in [4.69, 9.17) is 15.9 Å². The van der Waals surface area contributed by atoms with Gasteiger partial charge >= 0.3 is 0 Å². The summed E-state index contributed by atoms with van der Waals surface area (Å²) in [7, 11) is 0. The van der Waals surface area contributed by atoms with Gasteiger partial charge in [0.25, 0.3) is 0 Å². The monoisotopic (exact) mass is 256 g/mol. The first-order valence-electron chi connectivity index (χ1n) is 5.96. The summed E-state index contributed by atoms with van der Waals surface area (Å²) in [4.78, 5) is 0. The van der Waals surface area contributed by atoms with E-state index in [1.54, 1.807) is 18.2 Å². The summed E-state index contributed by atoms with van der Waals surface area (Å²) < 4.78 is 5.61. The summed E-state index contributed by atoms with van der Waals surface area (Å²) in [6.07, 6.45) is 0.451. The molecule has 0 fully saturated rings. The van der Waals surface area contributed by atoms with Crippen LogP contribution in [0.3, 0.4) is 0 Å². The van der Waals surface area contributed by atoms with E-state index in [2.05, 4.69) is 0 Å². The summed E-state index contributed by atoms with van der Waals surface area (Å²) in [5.74, 6) is 1.13. The third kappa shape index (κ3) is 4.03. The van der Waals surface area contributed by atoms with Crippen LogP contribution < -0.4 is 10.5 Å². The Balaban J connectivity index is 1.94. The van der Waals surface area contributed by atoms with Gasteiger partial charge in [0.2, 0.25) is 0 Å². The number of nitrogens with one attached hydrogen (secondary N) is 1. The molecule has 4 N–H and O–H groups in total. The predicted molar refractivity (Wildman–Crippen MR) is 74.5 cm³/mol. The summed E-state index contributed by atoms with van der Waals surface area (Å²) in [6.45, 7) is 0.403. The number of phenolic OH excluding ortho intramolecular Hbond substituents is 1. The average Bonchev–Trinajstić information content (AvgIpc) is 2.37. The minimum atomic E-state index is 0.147. The highest BCUT2D eigenvalue weighted by atomic mass is 16.5. The van der Waals surface area contributed by atoms with Crippen molar-refractivity contribution in [3.05, 3.63) is 59.7 Å². The van der Waals surface area contributed by atoms with Crippen molar-refractivity contribution in [3.8, 4) is 11.5 Å². The van der Waals surface area contributed by atoms with Crippen LogP contribution in [0.15, 0.2) is 48.5 Å². The molecule has 2 aromatic rings. The molecule has 98 valence electrons. The normalized spacial score (nSPS) is 10.1. The molecule has 0 aromatic heterocycles. The van der Waals surface area contributed by atoms with E-state index in [0.717, 1.165) is 16.9 Å². The Hall–Kier alpha value is -2.49. The Morgan fingerprint density at radius 1 is 1.11 bits per heavy atom. The Kier molecular flexibility index (Phi) is 4.03. The number of hydrogen-bond acceptors (Lipinski definition) is 3. The molecule has 0 unspecified atom stereocenters. The quantitative estimate of drug-likeness (QED) is 0.568. The highest BCUT2D eigenvalue weighted by Gasteiger charge is 1.99. The molecule has 19 heavy (non-hydrogen) atoms. The molecule has 0 aliphatic carbocycles. The van der Waals surface area contributed by atoms with Crippen molar-refractivity contribution < 1.29 is 9.84 Å². The lowest BCUT2D eigenvalue weighted by molar-refractivity contribution is 0.305. The molecule has 0 spiro atoms. The zero-order chi connectivity index (χ0) is 13.7. The van der Waals surface area contributed by atoms with E-state index in [1.165, 1.54) is 0 Å². The van der Waals surface area contributed by atoms with Crippen LogP contribution in [0.4, 0.5) is 0 Å². The van der Waals surface area contributed by atoms with Crippen LogP contribution in [0.1, 0.15) is 11.1 Å². The number of nitrogens with two attached hydrogens (primary N) is 1. The van der Waals surface area contributed by atoms with E-state index in [9.17, 15) is 5.11 Å². The third-order valence-electron chi connectivity index (χ3n) is 2.63. The topological polar surface area (TPSA) is 79.3 Å². The lowest BCUT2D eigenvalue weighted by atomic mass is 10.1. The molecule has 4 nitrogen and oxygen atoms in total. The highest BCUT2D eigenvalue weighted by molar-refractivity contribution is 5.79. The maximum absolute atomic E-state index is 9.34. The summed E-state index contributed by atoms with van der Waals surface area (Å²) in [6, 6.07) is 14.4. The fraction of sp³-hybridized carbons (Fsp3) is 0.133. The van der Waals surface area contributed by atoms with Gasteiger partial charge in [-0.15, -0.1) is 0 Å². The van der Waals surface area contributed by atoms with Gasteiger partial charge in [-0.2, -0.15) is 0 Å². The van der Waals surface area contributed by atoms with Crippen molar-refractivity contribution in [2.24, 2.45) is 5.73 Å². The van der Waals surface area contributed by atoms with Crippen molar-refractivity contribution in [1.82, 2.24) is 0 Å². The lowest BCUT2D eigenvalue weighted by Gasteiger charge is -2.07. The van der Waals surface area contributed by atoms with Gasteiger partial charge in [0.05, 0.1) is 5.84 Å². The smallest absolute Gasteiger partial charge is 0.119 e. The van der Waals surface area contributed by atoms with Crippen molar-refractivity contribution in [3.63, 3.8) is 0 Å². The van der Waals surface area contributed by atoms with Crippen molar-refractivity contribution >= 4 is 5.84 Å². The van der Waals surface area contributed by atoms with E-state index in [1.807, 2.05) is 30.3 Å². The molecule has 0 heterocycles. The van der Waals surface area contributed by atoms with Gasteiger partial charge < -0.3 is 15.6 Å². The Bertz CT molecular complexity index is 565. The Morgan fingerprint density at radius 2 is 1.84 bits per heavy atom. The second kappa shape index (κ2) is 5.91. The number of hydrogen-bond donors (Lipinski definition) is 3. The zero-order valence-electron chi connectivity index (χ0n) is 10.5. The zero-order valence-corrected chi connectivity index (χ0v) is 10.5. The van der Waals surface area contributed by atoms with Gasteiger partial charge in [0, 0.05) is 6.42 Å². The minimum absolute atomic E-state index is 0.147. The van der Waals surface area contributed by atoms with Gasteiger partial charge in [0.1, 0.15) is 18.1 Å². The molecule has 0 radical (unpaired) electrons. The first-order chi connectivity index (χ1) is 9.13. The Morgan fingerprint density at radius 3 is 2.47 bits per heavy atom. The molecule has 0 saturated carbocycles. The van der Waals surface area contributed by atoms with Crippen LogP contribution in [0.2, 0.25) is 0 Å². The molecule has 2 rings (SSSR count). The minimum Gasteiger partial charge on any atom is -0.508 e. The molecule has 0 aliphatic rings. The number of aromatic hydroxyl groups is 1. The van der Waals surface area contributed by atoms with E-state index < -0.39 is 0 Å². The van der Waals surface area contributed by atoms with Crippen LogP contribution in [-0.2, 0) is 13.0 Å². The summed E-state index contributed by atoms with van der Waals surface area (Å²) in [5.41, 5.74) is 7.23. The van der Waals surface area contributed by atoms with E-state index in [0.29, 0.717) is 13.0 Å². The predicted octanol–water partition coefficient (Wildman–Crippen LogP) is 2.45. The molecule has 0 aliphatic heterocycles. The number of rotatable bonds is 5. The highest BCUT2D eigenvalue weighted by Crippen LogP contribution is 2.16. The van der Waals surface area contributed by atoms with Crippen LogP contribution >= 0.6 is 0 Å². The van der Waals surface area contributed by atoms with Gasteiger partial charge in [-0.25, -0.2) is 0 Å². The lowest BCUT2D eigenvalue weighted by Crippen LogP contribution is -2.12. The number of ether oxygens (including phenoxy) is 1. The SMILES string of the molecule is N=C(N)Cc1ccc(OCc2cccc(O)c2)cc1. The second-order valence-electron chi connectivity index (χ2n) is 4.30. The maximum Gasteiger partial charge on any atom is 0.119 e. The van der Waals surface area contributed by atoms with E-state index >= 15 is 0 Å². The van der Waals surface area contributed by atoms with Gasteiger partial charge in [0.15, 0.2) is 0 Å². The fourth-order valence-electron chi connectivity index (χ4n) is 1.74. The fourth-order valence-corrected chi connectivity index (χ4v) is 1.74. The maximum atomic E-state index is 9.34. The van der Waals surface area contributed by atoms with Gasteiger partial charge in [-0.05, 0) is 35.4 Å². The number of amidine groups is 1. The van der Waals surface area contributed by atoms with Crippen molar-refractivity contribution in [1.29, 1.82) is 5.41 Å². The molecule has 0 saturated heterocycles. The Labute approximate surface area is 112 Å².